The maximum absolute atomic E-state index is 12.5. The van der Waals surface area contributed by atoms with Gasteiger partial charge in [0.1, 0.15) is 0 Å². The van der Waals surface area contributed by atoms with Gasteiger partial charge in [0.05, 0.1) is 0 Å². The van der Waals surface area contributed by atoms with Crippen LogP contribution in [0.3, 0.4) is 0 Å². The molecular weight excluding hydrogens is 474 g/mol. The van der Waals surface area contributed by atoms with E-state index in [-0.39, 0.29) is 29.7 Å². The van der Waals surface area contributed by atoms with Gasteiger partial charge in [-0.1, -0.05) is 66.3 Å². The van der Waals surface area contributed by atoms with E-state index < -0.39 is 0 Å². The Balaban J connectivity index is 0.00000180. The Bertz CT molecular complexity index is 1060. The van der Waals surface area contributed by atoms with Crippen LogP contribution < -0.4 is 5.32 Å². The van der Waals surface area contributed by atoms with Gasteiger partial charge in [-0.2, -0.15) is 0 Å². The molecule has 0 aromatic heterocycles. The Kier molecular flexibility index (Phi) is 9.88. The van der Waals surface area contributed by atoms with Crippen LogP contribution in [0, 0.1) is 5.92 Å². The number of benzene rings is 2. The van der Waals surface area contributed by atoms with Crippen LogP contribution in [0.5, 0.6) is 0 Å². The van der Waals surface area contributed by atoms with E-state index >= 15 is 0 Å². The predicted octanol–water partition coefficient (Wildman–Crippen LogP) is 3.65. The quantitative estimate of drug-likeness (QED) is 0.533. The molecular formula is C29H36ClN3O3. The molecule has 2 heterocycles. The van der Waals surface area contributed by atoms with Crippen molar-refractivity contribution in [3.63, 3.8) is 0 Å². The molecule has 3 aliphatic rings. The fraction of sp³-hybridized carbons (Fsp3) is 0.379. The topological polar surface area (TPSA) is 84.1 Å². The third kappa shape index (κ3) is 6.06. The summed E-state index contributed by atoms with van der Waals surface area (Å²) in [5, 5.41) is 3.13. The first kappa shape index (κ1) is 27.7. The monoisotopic (exact) mass is 509 g/mol. The highest BCUT2D eigenvalue weighted by Gasteiger charge is 2.25. The number of hydrogen-bond acceptors (Lipinski definition) is 3. The second kappa shape index (κ2) is 12.9. The zero-order valence-corrected chi connectivity index (χ0v) is 21.4. The molecule has 0 unspecified atom stereocenters. The van der Waals surface area contributed by atoms with Crippen LogP contribution in [-0.4, -0.2) is 66.9 Å². The Hall–Kier alpha value is -2.93. The van der Waals surface area contributed by atoms with Crippen molar-refractivity contribution in [1.29, 1.82) is 0 Å². The van der Waals surface area contributed by atoms with Crippen molar-refractivity contribution in [3.05, 3.63) is 76.4 Å². The predicted molar refractivity (Wildman–Crippen MR) is 148 cm³/mol. The number of amides is 2. The third-order valence-electron chi connectivity index (χ3n) is 7.49. The molecule has 0 radical (unpaired) electrons. The molecule has 6 nitrogen and oxygen atoms in total. The third-order valence-corrected chi connectivity index (χ3v) is 7.49. The molecule has 0 atom stereocenters. The molecule has 192 valence electrons. The minimum absolute atomic E-state index is 0. The van der Waals surface area contributed by atoms with Crippen LogP contribution in [0.25, 0.3) is 17.7 Å². The van der Waals surface area contributed by atoms with Crippen molar-refractivity contribution in [2.75, 3.05) is 39.3 Å². The van der Waals surface area contributed by atoms with Gasteiger partial charge in [-0.05, 0) is 53.5 Å². The number of halogens is 1. The average molecular weight is 510 g/mol. The fourth-order valence-electron chi connectivity index (χ4n) is 5.49. The smallest absolute Gasteiger partial charge is 0.223 e. The highest BCUT2D eigenvalue weighted by atomic mass is 35.5. The number of carbonyl (C=O) groups is 2. The lowest BCUT2D eigenvalue weighted by atomic mass is 9.86. The molecule has 7 heteroatoms. The molecule has 0 bridgehead atoms. The lowest BCUT2D eigenvalue weighted by molar-refractivity contribution is -0.128. The maximum atomic E-state index is 12.5. The molecule has 5 rings (SSSR count). The summed E-state index contributed by atoms with van der Waals surface area (Å²) >= 11 is 0. The first-order valence-corrected chi connectivity index (χ1v) is 12.5. The molecule has 3 N–H and O–H groups in total. The molecule has 2 aromatic rings. The Morgan fingerprint density at radius 3 is 2.00 bits per heavy atom. The number of carbonyl (C=O) groups excluding carboxylic acids is 2. The number of hydrogen-bond donors (Lipinski definition) is 1. The zero-order valence-electron chi connectivity index (χ0n) is 20.6. The van der Waals surface area contributed by atoms with E-state index in [0.29, 0.717) is 19.6 Å². The van der Waals surface area contributed by atoms with Gasteiger partial charge in [-0.3, -0.25) is 9.59 Å². The minimum Gasteiger partial charge on any atom is -0.412 e. The van der Waals surface area contributed by atoms with Crippen LogP contribution in [0.15, 0.2) is 54.1 Å². The minimum atomic E-state index is 0. The number of piperidine rings is 2. The highest BCUT2D eigenvalue weighted by Crippen LogP contribution is 2.38. The first-order chi connectivity index (χ1) is 16.7. The lowest BCUT2D eigenvalue weighted by Gasteiger charge is -2.31. The van der Waals surface area contributed by atoms with Crippen LogP contribution in [-0.2, 0) is 9.59 Å². The van der Waals surface area contributed by atoms with E-state index in [2.05, 4.69) is 70.9 Å². The van der Waals surface area contributed by atoms with Gasteiger partial charge in [0.15, 0.2) is 0 Å². The molecule has 2 saturated heterocycles. The van der Waals surface area contributed by atoms with Gasteiger partial charge < -0.3 is 20.6 Å². The van der Waals surface area contributed by atoms with E-state index in [1.165, 1.54) is 33.4 Å². The van der Waals surface area contributed by atoms with Crippen molar-refractivity contribution in [2.45, 2.75) is 25.7 Å². The van der Waals surface area contributed by atoms with Gasteiger partial charge in [0.2, 0.25) is 12.3 Å². The summed E-state index contributed by atoms with van der Waals surface area (Å²) in [6.07, 6.45) is 9.00. The van der Waals surface area contributed by atoms with Crippen molar-refractivity contribution in [3.8, 4) is 0 Å². The summed E-state index contributed by atoms with van der Waals surface area (Å²) in [6.45, 7) is 4.98. The summed E-state index contributed by atoms with van der Waals surface area (Å²) in [4.78, 5) is 27.6. The fourth-order valence-corrected chi connectivity index (χ4v) is 5.49. The molecule has 0 saturated carbocycles. The molecule has 0 spiro atoms. The summed E-state index contributed by atoms with van der Waals surface area (Å²) in [5.41, 5.74) is 8.17. The van der Waals surface area contributed by atoms with Crippen LogP contribution >= 0.6 is 12.4 Å². The van der Waals surface area contributed by atoms with Gasteiger partial charge in [-0.25, -0.2) is 0 Å². The van der Waals surface area contributed by atoms with Crippen LogP contribution in [0.4, 0.5) is 0 Å². The number of nitrogens with one attached hydrogen (secondary N) is 1. The molecule has 1 aliphatic carbocycles. The van der Waals surface area contributed by atoms with Gasteiger partial charge in [0.25, 0.3) is 0 Å². The number of nitrogens with zero attached hydrogens (tertiary/aromatic N) is 2. The highest BCUT2D eigenvalue weighted by molar-refractivity contribution is 5.95. The summed E-state index contributed by atoms with van der Waals surface area (Å²) in [7, 11) is 0. The maximum Gasteiger partial charge on any atom is 0.223 e. The molecule has 2 fully saturated rings. The van der Waals surface area contributed by atoms with Crippen molar-refractivity contribution >= 4 is 42.4 Å². The standard InChI is InChI=1S/C29H33N3O2.ClH.H2O/c33-21-32-18-13-25(14-19-32)29(34)30-15-20-31-16-11-24(12-17-31)28-26-7-3-1-5-22(26)9-10-23-6-2-4-8-27(23)28;;/h1-10,21,25H,11-20H2,(H,30,34);1H;1H2. The van der Waals surface area contributed by atoms with E-state index in [4.69, 9.17) is 0 Å². The average Bonchev–Trinajstić information content (AvgIpc) is 3.06. The van der Waals surface area contributed by atoms with Crippen molar-refractivity contribution in [1.82, 2.24) is 15.1 Å². The molecule has 2 aromatic carbocycles. The zero-order chi connectivity index (χ0) is 23.3. The second-order valence-electron chi connectivity index (χ2n) is 9.53. The van der Waals surface area contributed by atoms with Gasteiger partial charge >= 0.3 is 0 Å². The normalized spacial score (nSPS) is 17.7. The largest absolute Gasteiger partial charge is 0.412 e. The Labute approximate surface area is 219 Å². The molecule has 2 aliphatic heterocycles. The van der Waals surface area contributed by atoms with E-state index in [0.717, 1.165) is 51.7 Å². The number of rotatable bonds is 5. The number of fused-ring (bicyclic) bond motifs is 2. The molecule has 36 heavy (non-hydrogen) atoms. The summed E-state index contributed by atoms with van der Waals surface area (Å²) in [5.74, 6) is 0.183. The van der Waals surface area contributed by atoms with E-state index in [1.54, 1.807) is 4.90 Å². The van der Waals surface area contributed by atoms with Gasteiger partial charge in [-0.15, -0.1) is 12.4 Å². The first-order valence-electron chi connectivity index (χ1n) is 12.5. The molecule has 2 amide bonds. The van der Waals surface area contributed by atoms with Crippen LogP contribution in [0.1, 0.15) is 47.9 Å². The van der Waals surface area contributed by atoms with Crippen LogP contribution in [0.2, 0.25) is 0 Å². The second-order valence-corrected chi connectivity index (χ2v) is 9.53. The van der Waals surface area contributed by atoms with Gasteiger partial charge in [0, 0.05) is 45.2 Å². The summed E-state index contributed by atoms with van der Waals surface area (Å²) < 4.78 is 0. The Morgan fingerprint density at radius 2 is 1.44 bits per heavy atom. The van der Waals surface area contributed by atoms with E-state index in [9.17, 15) is 9.59 Å². The van der Waals surface area contributed by atoms with Crippen molar-refractivity contribution < 1.29 is 15.1 Å². The number of likely N-dealkylation sites (tertiary alicyclic amines) is 2. The van der Waals surface area contributed by atoms with E-state index in [1.807, 2.05) is 0 Å². The summed E-state index contributed by atoms with van der Waals surface area (Å²) in [6, 6.07) is 17.4. The lowest BCUT2D eigenvalue weighted by Crippen LogP contribution is -2.43. The van der Waals surface area contributed by atoms with Crippen molar-refractivity contribution in [2.24, 2.45) is 5.92 Å². The Morgan fingerprint density at radius 1 is 0.889 bits per heavy atom. The SMILES string of the molecule is Cl.O.O=CN1CCC(C(=O)NCCN2CCC(=C3c4ccccc4C=Cc4ccccc43)CC2)CC1.